The van der Waals surface area contributed by atoms with Gasteiger partial charge in [-0.1, -0.05) is 29.3 Å². The van der Waals surface area contributed by atoms with Gasteiger partial charge in [0.2, 0.25) is 0 Å². The summed E-state index contributed by atoms with van der Waals surface area (Å²) in [6, 6.07) is 10.1. The van der Waals surface area contributed by atoms with Gasteiger partial charge in [-0.05, 0) is 37.3 Å². The summed E-state index contributed by atoms with van der Waals surface area (Å²) in [5.74, 6) is -0.362. The smallest absolute Gasteiger partial charge is 0.267 e. The summed E-state index contributed by atoms with van der Waals surface area (Å²) in [6.07, 6.45) is 1.66. The summed E-state index contributed by atoms with van der Waals surface area (Å²) in [6.45, 7) is 1.76. The highest BCUT2D eigenvalue weighted by atomic mass is 35.5. The molecule has 1 amide bonds. The van der Waals surface area contributed by atoms with Gasteiger partial charge in [0, 0.05) is 11.8 Å². The lowest BCUT2D eigenvalue weighted by atomic mass is 10.2. The van der Waals surface area contributed by atoms with E-state index in [4.69, 9.17) is 23.2 Å². The van der Waals surface area contributed by atoms with Crippen molar-refractivity contribution < 1.29 is 4.79 Å². The Morgan fingerprint density at radius 3 is 2.65 bits per heavy atom. The average Bonchev–Trinajstić information content (AvgIpc) is 2.48. The van der Waals surface area contributed by atoms with Crippen LogP contribution in [0.2, 0.25) is 10.0 Å². The normalized spacial score (nSPS) is 11.2. The highest BCUT2D eigenvalue weighted by Crippen LogP contribution is 2.22. The number of halogens is 2. The van der Waals surface area contributed by atoms with E-state index < -0.39 is 0 Å². The summed E-state index contributed by atoms with van der Waals surface area (Å²) in [5, 5.41) is 4.72. The molecule has 1 heterocycles. The third kappa shape index (κ3) is 3.56. The van der Waals surface area contributed by atoms with Crippen LogP contribution in [0, 0.1) is 0 Å². The summed E-state index contributed by atoms with van der Waals surface area (Å²) in [7, 11) is 0. The first-order valence-corrected chi connectivity index (χ1v) is 6.54. The Kier molecular flexibility index (Phi) is 4.71. The third-order valence-corrected chi connectivity index (χ3v) is 3.28. The Bertz CT molecular complexity index is 657. The number of carbonyl (C=O) groups is 1. The zero-order valence-corrected chi connectivity index (χ0v) is 12.1. The molecule has 0 aliphatic heterocycles. The van der Waals surface area contributed by atoms with E-state index in [1.165, 1.54) is 6.07 Å². The molecule has 20 heavy (non-hydrogen) atoms. The van der Waals surface area contributed by atoms with Gasteiger partial charge in [-0.2, -0.15) is 5.10 Å². The van der Waals surface area contributed by atoms with Gasteiger partial charge in [-0.15, -0.1) is 0 Å². The third-order valence-electron chi connectivity index (χ3n) is 2.54. The molecule has 102 valence electrons. The molecule has 0 radical (unpaired) electrons. The molecule has 2 aromatic rings. The van der Waals surface area contributed by atoms with Crippen LogP contribution in [0.4, 0.5) is 0 Å². The van der Waals surface area contributed by atoms with Crippen LogP contribution in [0.15, 0.2) is 47.7 Å². The predicted molar refractivity (Wildman–Crippen MR) is 80.4 cm³/mol. The minimum Gasteiger partial charge on any atom is -0.267 e. The summed E-state index contributed by atoms with van der Waals surface area (Å²) >= 11 is 11.7. The zero-order chi connectivity index (χ0) is 14.5. The Hall–Kier alpha value is -1.91. The van der Waals surface area contributed by atoms with Gasteiger partial charge in [-0.3, -0.25) is 9.78 Å². The molecule has 6 heteroatoms. The highest BCUT2D eigenvalue weighted by molar-refractivity contribution is 6.42. The fraction of sp³-hybridized carbons (Fsp3) is 0.0714. The van der Waals surface area contributed by atoms with Crippen molar-refractivity contribution in [1.29, 1.82) is 0 Å². The van der Waals surface area contributed by atoms with Gasteiger partial charge in [0.25, 0.3) is 5.91 Å². The number of nitrogens with zero attached hydrogens (tertiary/aromatic N) is 2. The van der Waals surface area contributed by atoms with Crippen LogP contribution in [0.25, 0.3) is 0 Å². The second-order valence-electron chi connectivity index (χ2n) is 3.98. The molecule has 0 spiro atoms. The van der Waals surface area contributed by atoms with Crippen molar-refractivity contribution in [3.8, 4) is 0 Å². The van der Waals surface area contributed by atoms with Crippen LogP contribution in [0.3, 0.4) is 0 Å². The van der Waals surface area contributed by atoms with Gasteiger partial charge in [0.15, 0.2) is 0 Å². The van der Waals surface area contributed by atoms with E-state index in [0.29, 0.717) is 27.0 Å². The van der Waals surface area contributed by atoms with E-state index in [1.54, 1.807) is 25.3 Å². The number of nitrogens with one attached hydrogen (secondary N) is 1. The standard InChI is InChI=1S/C14H11Cl2N3O/c1-9(13-4-2-3-7-17-13)18-19-14(20)10-5-6-11(15)12(16)8-10/h2-8H,1H3,(H,19,20)/b18-9-. The van der Waals surface area contributed by atoms with E-state index in [0.717, 1.165) is 0 Å². The van der Waals surface area contributed by atoms with Crippen LogP contribution in [-0.2, 0) is 0 Å². The van der Waals surface area contributed by atoms with Crippen LogP contribution >= 0.6 is 23.2 Å². The molecule has 1 aromatic carbocycles. The summed E-state index contributed by atoms with van der Waals surface area (Å²) in [4.78, 5) is 16.0. The topological polar surface area (TPSA) is 54.4 Å². The lowest BCUT2D eigenvalue weighted by Gasteiger charge is -2.03. The summed E-state index contributed by atoms with van der Waals surface area (Å²) in [5.41, 5.74) is 4.14. The molecule has 0 fully saturated rings. The van der Waals surface area contributed by atoms with Crippen molar-refractivity contribution in [2.75, 3.05) is 0 Å². The molecular weight excluding hydrogens is 297 g/mol. The molecule has 0 saturated heterocycles. The second kappa shape index (κ2) is 6.50. The maximum Gasteiger partial charge on any atom is 0.271 e. The first-order valence-electron chi connectivity index (χ1n) is 5.79. The molecule has 2 rings (SSSR count). The number of benzene rings is 1. The van der Waals surface area contributed by atoms with Gasteiger partial charge >= 0.3 is 0 Å². The Balaban J connectivity index is 2.10. The van der Waals surface area contributed by atoms with Gasteiger partial charge in [0.1, 0.15) is 0 Å². The highest BCUT2D eigenvalue weighted by Gasteiger charge is 2.07. The van der Waals surface area contributed by atoms with Crippen LogP contribution < -0.4 is 5.43 Å². The second-order valence-corrected chi connectivity index (χ2v) is 4.80. The minimum absolute atomic E-state index is 0.324. The number of hydrazone groups is 1. The number of hydrogen-bond donors (Lipinski definition) is 1. The molecule has 0 unspecified atom stereocenters. The monoisotopic (exact) mass is 307 g/mol. The van der Waals surface area contributed by atoms with Crippen molar-refractivity contribution >= 4 is 34.8 Å². The van der Waals surface area contributed by atoms with E-state index >= 15 is 0 Å². The maximum atomic E-state index is 11.9. The fourth-order valence-electron chi connectivity index (χ4n) is 1.47. The van der Waals surface area contributed by atoms with Crippen LogP contribution in [0.1, 0.15) is 23.0 Å². The average molecular weight is 308 g/mol. The largest absolute Gasteiger partial charge is 0.271 e. The molecule has 0 aliphatic rings. The lowest BCUT2D eigenvalue weighted by molar-refractivity contribution is 0.0955. The number of pyridine rings is 1. The lowest BCUT2D eigenvalue weighted by Crippen LogP contribution is -2.19. The molecule has 1 aromatic heterocycles. The maximum absolute atomic E-state index is 11.9. The Morgan fingerprint density at radius 1 is 1.20 bits per heavy atom. The van der Waals surface area contributed by atoms with Crippen LogP contribution in [-0.4, -0.2) is 16.6 Å². The molecule has 0 bridgehead atoms. The molecule has 0 saturated carbocycles. The number of rotatable bonds is 3. The Morgan fingerprint density at radius 2 is 2.00 bits per heavy atom. The van der Waals surface area contributed by atoms with Crippen molar-refractivity contribution in [2.24, 2.45) is 5.10 Å². The van der Waals surface area contributed by atoms with Crippen molar-refractivity contribution in [3.05, 3.63) is 63.9 Å². The predicted octanol–water partition coefficient (Wildman–Crippen LogP) is 3.54. The molecule has 4 nitrogen and oxygen atoms in total. The van der Waals surface area contributed by atoms with Gasteiger partial charge in [0.05, 0.1) is 21.5 Å². The molecule has 0 atom stereocenters. The fourth-order valence-corrected chi connectivity index (χ4v) is 1.77. The number of amides is 1. The zero-order valence-electron chi connectivity index (χ0n) is 10.6. The quantitative estimate of drug-likeness (QED) is 0.696. The number of aromatic nitrogens is 1. The SMILES string of the molecule is C/C(=N/NC(=O)c1ccc(Cl)c(Cl)c1)c1ccccn1. The van der Waals surface area contributed by atoms with Gasteiger partial charge < -0.3 is 0 Å². The molecule has 0 aliphatic carbocycles. The van der Waals surface area contributed by atoms with E-state index in [-0.39, 0.29) is 5.91 Å². The van der Waals surface area contributed by atoms with Gasteiger partial charge in [-0.25, -0.2) is 5.43 Å². The van der Waals surface area contributed by atoms with Crippen LogP contribution in [0.5, 0.6) is 0 Å². The summed E-state index contributed by atoms with van der Waals surface area (Å²) < 4.78 is 0. The minimum atomic E-state index is -0.362. The molecular formula is C14H11Cl2N3O. The Labute approximate surface area is 126 Å². The first kappa shape index (κ1) is 14.5. The first-order chi connectivity index (χ1) is 9.58. The number of hydrogen-bond acceptors (Lipinski definition) is 3. The van der Waals surface area contributed by atoms with E-state index in [2.05, 4.69) is 15.5 Å². The van der Waals surface area contributed by atoms with Crippen molar-refractivity contribution in [3.63, 3.8) is 0 Å². The van der Waals surface area contributed by atoms with Crippen molar-refractivity contribution in [1.82, 2.24) is 10.4 Å². The number of carbonyl (C=O) groups excluding carboxylic acids is 1. The molecule has 1 N–H and O–H groups in total. The van der Waals surface area contributed by atoms with E-state index in [1.807, 2.05) is 18.2 Å². The van der Waals surface area contributed by atoms with E-state index in [9.17, 15) is 4.79 Å². The van der Waals surface area contributed by atoms with Crippen molar-refractivity contribution in [2.45, 2.75) is 6.92 Å².